The maximum atomic E-state index is 14.7. The van der Waals surface area contributed by atoms with Crippen LogP contribution in [-0.4, -0.2) is 79.0 Å². The summed E-state index contributed by atoms with van der Waals surface area (Å²) in [4.78, 5) is 51.6. The highest BCUT2D eigenvalue weighted by Gasteiger charge is 2.42. The van der Waals surface area contributed by atoms with Crippen molar-refractivity contribution < 1.29 is 37.4 Å². The van der Waals surface area contributed by atoms with Crippen LogP contribution in [0.1, 0.15) is 60.1 Å². The third-order valence-electron chi connectivity index (χ3n) is 7.89. The normalized spacial score (nSPS) is 23.6. The number of esters is 1. The van der Waals surface area contributed by atoms with Crippen LogP contribution in [0.15, 0.2) is 15.8 Å². The lowest BCUT2D eigenvalue weighted by Gasteiger charge is -2.37. The summed E-state index contributed by atoms with van der Waals surface area (Å²) in [5.74, 6) is -2.26. The molecule has 0 spiro atoms. The molecule has 3 heterocycles. The van der Waals surface area contributed by atoms with Gasteiger partial charge in [0.25, 0.3) is 5.56 Å². The molecule has 2 fully saturated rings. The Hall–Kier alpha value is -2.39. The molecule has 2 aliphatic rings. The molecule has 0 unspecified atom stereocenters. The van der Waals surface area contributed by atoms with Crippen molar-refractivity contribution in [3.8, 4) is 0 Å². The minimum atomic E-state index is -2.14. The van der Waals surface area contributed by atoms with Gasteiger partial charge in [0.2, 0.25) is 11.7 Å². The topological polar surface area (TPSA) is 128 Å². The molecule has 2 aliphatic heterocycles. The van der Waals surface area contributed by atoms with Crippen molar-refractivity contribution >= 4 is 20.2 Å². The molecule has 0 saturated carbocycles. The Morgan fingerprint density at radius 1 is 1.23 bits per heavy atom. The van der Waals surface area contributed by atoms with Gasteiger partial charge in [0.05, 0.1) is 18.9 Å². The summed E-state index contributed by atoms with van der Waals surface area (Å²) in [7, 11) is -2.14. The fourth-order valence-corrected chi connectivity index (χ4v) is 5.46. The van der Waals surface area contributed by atoms with Crippen LogP contribution in [0.5, 0.6) is 0 Å². The summed E-state index contributed by atoms with van der Waals surface area (Å²) in [5.41, 5.74) is -2.14. The molecule has 1 amide bonds. The van der Waals surface area contributed by atoms with E-state index < -0.39 is 62.6 Å². The third-order valence-corrected chi connectivity index (χ3v) is 12.4. The molecule has 4 atom stereocenters. The lowest BCUT2D eigenvalue weighted by Crippen LogP contribution is -2.45. The van der Waals surface area contributed by atoms with Gasteiger partial charge in [0.15, 0.2) is 15.0 Å². The maximum absolute atomic E-state index is 14.7. The number of carbonyl (C=O) groups excluding carboxylic acids is 2. The molecular formula is C26H42FN3O9Si. The molecule has 14 heteroatoms. The van der Waals surface area contributed by atoms with E-state index in [1.165, 1.54) is 11.8 Å². The van der Waals surface area contributed by atoms with E-state index in [4.69, 9.17) is 23.4 Å². The molecule has 40 heavy (non-hydrogen) atoms. The molecule has 12 nitrogen and oxygen atoms in total. The first-order chi connectivity index (χ1) is 18.7. The summed E-state index contributed by atoms with van der Waals surface area (Å²) < 4.78 is 45.0. The summed E-state index contributed by atoms with van der Waals surface area (Å²) in [6, 6.07) is -0.813. The van der Waals surface area contributed by atoms with Crippen molar-refractivity contribution in [2.24, 2.45) is 0 Å². The van der Waals surface area contributed by atoms with Crippen LogP contribution in [0, 0.1) is 5.82 Å². The molecular weight excluding hydrogens is 545 g/mol. The van der Waals surface area contributed by atoms with Gasteiger partial charge in [0.1, 0.15) is 25.2 Å². The Balaban J connectivity index is 1.80. The van der Waals surface area contributed by atoms with Crippen LogP contribution >= 0.6 is 0 Å². The lowest BCUT2D eigenvalue weighted by atomic mass is 10.2. The molecule has 0 radical (unpaired) electrons. The first-order valence-corrected chi connectivity index (χ1v) is 16.5. The smallest absolute Gasteiger partial charge is 0.336 e. The van der Waals surface area contributed by atoms with Gasteiger partial charge in [-0.1, -0.05) is 20.8 Å². The van der Waals surface area contributed by atoms with E-state index >= 15 is 0 Å². The quantitative estimate of drug-likeness (QED) is 0.166. The summed E-state index contributed by atoms with van der Waals surface area (Å²) in [6.07, 6.45) is -0.0743. The minimum Gasteiger partial charge on any atom is -0.442 e. The van der Waals surface area contributed by atoms with Crippen LogP contribution in [0.2, 0.25) is 18.1 Å². The summed E-state index contributed by atoms with van der Waals surface area (Å²) in [5, 5.41) is -0.0420. The van der Waals surface area contributed by atoms with Crippen molar-refractivity contribution in [2.75, 3.05) is 26.6 Å². The van der Waals surface area contributed by atoms with E-state index in [1.807, 2.05) is 6.92 Å². The Kier molecular flexibility index (Phi) is 10.5. The van der Waals surface area contributed by atoms with E-state index in [9.17, 15) is 23.6 Å². The van der Waals surface area contributed by atoms with E-state index in [0.29, 0.717) is 30.6 Å². The summed E-state index contributed by atoms with van der Waals surface area (Å²) >= 11 is 0. The van der Waals surface area contributed by atoms with Gasteiger partial charge in [-0.15, -0.1) is 0 Å². The SMILES string of the molecule is CCOCO[C@H]1C[C@H](n2cc(F)c(=O)n(COC(=O)[C@@H]3CCCN3C(C)=O)c2=O)O[C@@H]1CO[Si](C)(C)C(C)(C)C. The average molecular weight is 588 g/mol. The molecule has 1 aromatic heterocycles. The van der Waals surface area contributed by atoms with Crippen LogP contribution in [0.25, 0.3) is 0 Å². The van der Waals surface area contributed by atoms with Crippen molar-refractivity contribution in [3.05, 3.63) is 32.9 Å². The van der Waals surface area contributed by atoms with Gasteiger partial charge in [-0.2, -0.15) is 4.39 Å². The van der Waals surface area contributed by atoms with Crippen LogP contribution < -0.4 is 11.2 Å². The monoisotopic (exact) mass is 587 g/mol. The number of hydrogen-bond acceptors (Lipinski definition) is 9. The lowest BCUT2D eigenvalue weighted by molar-refractivity contribution is -0.156. The zero-order chi connectivity index (χ0) is 29.8. The number of likely N-dealkylation sites (tertiary alicyclic amines) is 1. The predicted molar refractivity (Wildman–Crippen MR) is 144 cm³/mol. The predicted octanol–water partition coefficient (Wildman–Crippen LogP) is 2.35. The molecule has 0 bridgehead atoms. The Bertz CT molecular complexity index is 1180. The first kappa shape index (κ1) is 32.1. The van der Waals surface area contributed by atoms with Crippen molar-refractivity contribution in [3.63, 3.8) is 0 Å². The molecule has 2 saturated heterocycles. The molecule has 3 rings (SSSR count). The van der Waals surface area contributed by atoms with E-state index in [1.54, 1.807) is 0 Å². The highest BCUT2D eigenvalue weighted by atomic mass is 28.4. The van der Waals surface area contributed by atoms with Gasteiger partial charge in [-0.05, 0) is 37.9 Å². The highest BCUT2D eigenvalue weighted by molar-refractivity contribution is 6.74. The number of nitrogens with zero attached hydrogens (tertiary/aromatic N) is 3. The Morgan fingerprint density at radius 3 is 2.55 bits per heavy atom. The summed E-state index contributed by atoms with van der Waals surface area (Å²) in [6.45, 7) is 14.0. The average Bonchev–Trinajstić information content (AvgIpc) is 3.52. The second kappa shape index (κ2) is 13.1. The van der Waals surface area contributed by atoms with E-state index in [0.717, 1.165) is 10.8 Å². The zero-order valence-electron chi connectivity index (χ0n) is 24.4. The minimum absolute atomic E-state index is 0.00496. The van der Waals surface area contributed by atoms with Crippen molar-refractivity contribution in [1.82, 2.24) is 14.0 Å². The van der Waals surface area contributed by atoms with Gasteiger partial charge in [-0.3, -0.25) is 14.2 Å². The van der Waals surface area contributed by atoms with Crippen LogP contribution in [0.4, 0.5) is 4.39 Å². The van der Waals surface area contributed by atoms with E-state index in [-0.39, 0.29) is 30.8 Å². The number of rotatable bonds is 11. The van der Waals surface area contributed by atoms with Crippen LogP contribution in [-0.2, 0) is 39.7 Å². The molecule has 0 N–H and O–H groups in total. The fraction of sp³-hybridized carbons (Fsp3) is 0.769. The molecule has 0 aromatic carbocycles. The number of hydrogen-bond donors (Lipinski definition) is 0. The third kappa shape index (κ3) is 7.27. The molecule has 0 aliphatic carbocycles. The number of amides is 1. The zero-order valence-corrected chi connectivity index (χ0v) is 25.4. The highest BCUT2D eigenvalue weighted by Crippen LogP contribution is 2.38. The fourth-order valence-electron chi connectivity index (χ4n) is 4.44. The molecule has 226 valence electrons. The molecule has 1 aromatic rings. The standard InChI is InChI=1S/C26H42FN3O9Si/c1-8-35-16-37-20-12-22(39-21(20)14-38-40(6,7)26(3,4)5)29-13-18(27)23(32)30(25(29)34)15-36-24(33)19-10-9-11-28(19)17(2)31/h13,19-22H,8-12,14-16H2,1-7H3/t19-,20-,21+,22+/m0/s1. The number of aromatic nitrogens is 2. The number of ether oxygens (including phenoxy) is 4. The van der Waals surface area contributed by atoms with Gasteiger partial charge in [0, 0.05) is 26.5 Å². The largest absolute Gasteiger partial charge is 0.442 e. The number of halogens is 1. The number of carbonyl (C=O) groups is 2. The first-order valence-electron chi connectivity index (χ1n) is 13.6. The second-order valence-electron chi connectivity index (χ2n) is 11.6. The van der Waals surface area contributed by atoms with Crippen molar-refractivity contribution in [2.45, 2.75) is 103 Å². The van der Waals surface area contributed by atoms with Gasteiger partial charge in [-0.25, -0.2) is 14.2 Å². The Labute approximate surface area is 234 Å². The van der Waals surface area contributed by atoms with Crippen molar-refractivity contribution in [1.29, 1.82) is 0 Å². The van der Waals surface area contributed by atoms with Gasteiger partial charge < -0.3 is 28.3 Å². The second-order valence-corrected chi connectivity index (χ2v) is 16.4. The maximum Gasteiger partial charge on any atom is 0.336 e. The van der Waals surface area contributed by atoms with Crippen LogP contribution in [0.3, 0.4) is 0 Å². The van der Waals surface area contributed by atoms with E-state index in [2.05, 4.69) is 33.9 Å². The van der Waals surface area contributed by atoms with Gasteiger partial charge >= 0.3 is 11.7 Å². The Morgan fingerprint density at radius 2 is 1.93 bits per heavy atom.